The number of fused-ring (bicyclic) bond motifs is 1. The van der Waals surface area contributed by atoms with Gasteiger partial charge in [-0.05, 0) is 18.9 Å². The molecule has 0 unspecified atom stereocenters. The van der Waals surface area contributed by atoms with E-state index >= 15 is 0 Å². The molecule has 0 saturated carbocycles. The molecule has 0 amide bonds. The van der Waals surface area contributed by atoms with Crippen molar-refractivity contribution >= 4 is 11.0 Å². The molecule has 5 heteroatoms. The van der Waals surface area contributed by atoms with Crippen LogP contribution in [-0.4, -0.2) is 32.4 Å². The van der Waals surface area contributed by atoms with E-state index in [9.17, 15) is 0 Å². The first kappa shape index (κ1) is 9.74. The van der Waals surface area contributed by atoms with E-state index in [1.165, 1.54) is 6.33 Å². The zero-order valence-corrected chi connectivity index (χ0v) is 8.78. The molecular formula is C11H13N3O2. The summed E-state index contributed by atoms with van der Waals surface area (Å²) in [4.78, 5) is 8.22. The second-order valence-corrected chi connectivity index (χ2v) is 4.00. The van der Waals surface area contributed by atoms with Crippen molar-refractivity contribution in [3.63, 3.8) is 0 Å². The number of aromatic nitrogens is 3. The topological polar surface area (TPSA) is 60.2 Å². The molecule has 2 atom stereocenters. The SMILES string of the molecule is OC[C@@H]1CC[C@H](n2ccc3cncnc32)O1. The Labute approximate surface area is 92.7 Å². The Morgan fingerprint density at radius 2 is 2.44 bits per heavy atom. The van der Waals surface area contributed by atoms with E-state index in [0.29, 0.717) is 0 Å². The van der Waals surface area contributed by atoms with Gasteiger partial charge in [-0.2, -0.15) is 0 Å². The summed E-state index contributed by atoms with van der Waals surface area (Å²) in [6.07, 6.45) is 7.05. The molecule has 1 saturated heterocycles. The lowest BCUT2D eigenvalue weighted by Crippen LogP contribution is -2.14. The second-order valence-electron chi connectivity index (χ2n) is 4.00. The van der Waals surface area contributed by atoms with Gasteiger partial charge in [-0.25, -0.2) is 9.97 Å². The van der Waals surface area contributed by atoms with E-state index in [1.807, 2.05) is 16.8 Å². The third-order valence-electron chi connectivity index (χ3n) is 2.98. The molecule has 0 aromatic carbocycles. The Morgan fingerprint density at radius 3 is 3.25 bits per heavy atom. The van der Waals surface area contributed by atoms with Crippen LogP contribution in [0.2, 0.25) is 0 Å². The molecule has 2 aromatic heterocycles. The van der Waals surface area contributed by atoms with Gasteiger partial charge in [-0.1, -0.05) is 0 Å². The predicted molar refractivity (Wildman–Crippen MR) is 57.8 cm³/mol. The summed E-state index contributed by atoms with van der Waals surface area (Å²) < 4.78 is 7.72. The standard InChI is InChI=1S/C11H13N3O2/c15-6-9-1-2-10(16-9)14-4-3-8-5-12-7-13-11(8)14/h3-5,7,9-10,15H,1-2,6H2/t9-,10+/m0/s1. The van der Waals surface area contributed by atoms with E-state index in [4.69, 9.17) is 9.84 Å². The van der Waals surface area contributed by atoms with Gasteiger partial charge in [-0.15, -0.1) is 0 Å². The van der Waals surface area contributed by atoms with Gasteiger partial charge in [0.15, 0.2) is 0 Å². The minimum absolute atomic E-state index is 0.00968. The van der Waals surface area contributed by atoms with Gasteiger partial charge in [0.05, 0.1) is 12.7 Å². The average molecular weight is 219 g/mol. The second kappa shape index (κ2) is 3.84. The number of nitrogens with zero attached hydrogens (tertiary/aromatic N) is 3. The van der Waals surface area contributed by atoms with Crippen molar-refractivity contribution in [3.8, 4) is 0 Å². The van der Waals surface area contributed by atoms with Crippen molar-refractivity contribution < 1.29 is 9.84 Å². The monoisotopic (exact) mass is 219 g/mol. The minimum Gasteiger partial charge on any atom is -0.394 e. The highest BCUT2D eigenvalue weighted by Crippen LogP contribution is 2.30. The molecule has 1 aliphatic heterocycles. The summed E-state index contributed by atoms with van der Waals surface area (Å²) in [5, 5.41) is 10.0. The highest BCUT2D eigenvalue weighted by Gasteiger charge is 2.26. The van der Waals surface area contributed by atoms with E-state index in [-0.39, 0.29) is 18.9 Å². The van der Waals surface area contributed by atoms with Gasteiger partial charge >= 0.3 is 0 Å². The Bertz CT molecular complexity index is 497. The van der Waals surface area contributed by atoms with Gasteiger partial charge < -0.3 is 14.4 Å². The molecule has 2 aromatic rings. The quantitative estimate of drug-likeness (QED) is 0.821. The molecule has 16 heavy (non-hydrogen) atoms. The maximum absolute atomic E-state index is 9.03. The largest absolute Gasteiger partial charge is 0.394 e. The van der Waals surface area contributed by atoms with Gasteiger partial charge in [0, 0.05) is 17.8 Å². The van der Waals surface area contributed by atoms with Crippen molar-refractivity contribution in [2.45, 2.75) is 25.2 Å². The Kier molecular flexibility index (Phi) is 2.34. The van der Waals surface area contributed by atoms with Crippen LogP contribution in [0, 0.1) is 0 Å². The maximum Gasteiger partial charge on any atom is 0.145 e. The number of hydrogen-bond acceptors (Lipinski definition) is 4. The third-order valence-corrected chi connectivity index (χ3v) is 2.98. The smallest absolute Gasteiger partial charge is 0.145 e. The summed E-state index contributed by atoms with van der Waals surface area (Å²) in [6.45, 7) is 0.0880. The first-order valence-electron chi connectivity index (χ1n) is 5.41. The summed E-state index contributed by atoms with van der Waals surface area (Å²) in [7, 11) is 0. The van der Waals surface area contributed by atoms with E-state index in [2.05, 4.69) is 9.97 Å². The predicted octanol–water partition coefficient (Wildman–Crippen LogP) is 1.10. The lowest BCUT2D eigenvalue weighted by atomic mass is 10.2. The van der Waals surface area contributed by atoms with Crippen LogP contribution in [0.3, 0.4) is 0 Å². The van der Waals surface area contributed by atoms with Crippen molar-refractivity contribution in [1.29, 1.82) is 0 Å². The van der Waals surface area contributed by atoms with Crippen molar-refractivity contribution in [1.82, 2.24) is 14.5 Å². The van der Waals surface area contributed by atoms with Crippen LogP contribution < -0.4 is 0 Å². The molecule has 0 radical (unpaired) electrons. The number of aliphatic hydroxyl groups is 1. The molecule has 1 aliphatic rings. The molecule has 3 heterocycles. The van der Waals surface area contributed by atoms with E-state index < -0.39 is 0 Å². The summed E-state index contributed by atoms with van der Waals surface area (Å²) in [5.41, 5.74) is 0.888. The molecule has 1 fully saturated rings. The van der Waals surface area contributed by atoms with Gasteiger partial charge in [0.1, 0.15) is 18.2 Å². The van der Waals surface area contributed by atoms with Crippen LogP contribution in [-0.2, 0) is 4.74 Å². The molecule has 0 aliphatic carbocycles. The lowest BCUT2D eigenvalue weighted by molar-refractivity contribution is -0.0204. The fourth-order valence-electron chi connectivity index (χ4n) is 2.16. The van der Waals surface area contributed by atoms with Crippen LogP contribution in [0.1, 0.15) is 19.1 Å². The Morgan fingerprint density at radius 1 is 1.50 bits per heavy atom. The molecule has 1 N–H and O–H groups in total. The number of aliphatic hydroxyl groups excluding tert-OH is 1. The van der Waals surface area contributed by atoms with Gasteiger partial charge in [0.2, 0.25) is 0 Å². The zero-order valence-electron chi connectivity index (χ0n) is 8.78. The summed E-state index contributed by atoms with van der Waals surface area (Å²) in [6, 6.07) is 1.98. The fraction of sp³-hybridized carbons (Fsp3) is 0.455. The van der Waals surface area contributed by atoms with Crippen LogP contribution in [0.25, 0.3) is 11.0 Å². The zero-order chi connectivity index (χ0) is 11.0. The van der Waals surface area contributed by atoms with Crippen molar-refractivity contribution in [2.75, 3.05) is 6.61 Å². The normalized spacial score (nSPS) is 25.3. The fourth-order valence-corrected chi connectivity index (χ4v) is 2.16. The minimum atomic E-state index is -0.0377. The van der Waals surface area contributed by atoms with Crippen LogP contribution >= 0.6 is 0 Å². The molecule has 0 bridgehead atoms. The molecule has 84 valence electrons. The first-order chi connectivity index (χ1) is 7.88. The van der Waals surface area contributed by atoms with E-state index in [0.717, 1.165) is 23.9 Å². The first-order valence-corrected chi connectivity index (χ1v) is 5.41. The van der Waals surface area contributed by atoms with E-state index in [1.54, 1.807) is 6.20 Å². The third kappa shape index (κ3) is 1.48. The Balaban J connectivity index is 1.95. The van der Waals surface area contributed by atoms with Crippen LogP contribution in [0.15, 0.2) is 24.8 Å². The summed E-state index contributed by atoms with van der Waals surface area (Å²) >= 11 is 0. The number of ether oxygens (including phenoxy) is 1. The number of rotatable bonds is 2. The maximum atomic E-state index is 9.03. The van der Waals surface area contributed by atoms with Gasteiger partial charge in [-0.3, -0.25) is 0 Å². The van der Waals surface area contributed by atoms with Crippen molar-refractivity contribution in [3.05, 3.63) is 24.8 Å². The van der Waals surface area contributed by atoms with Crippen molar-refractivity contribution in [2.24, 2.45) is 0 Å². The Hall–Kier alpha value is -1.46. The van der Waals surface area contributed by atoms with Crippen LogP contribution in [0.4, 0.5) is 0 Å². The molecule has 3 rings (SSSR count). The molecule has 0 spiro atoms. The molecule has 5 nitrogen and oxygen atoms in total. The lowest BCUT2D eigenvalue weighted by Gasteiger charge is -2.14. The average Bonchev–Trinajstić information content (AvgIpc) is 2.94. The highest BCUT2D eigenvalue weighted by molar-refractivity contribution is 5.74. The van der Waals surface area contributed by atoms with Crippen LogP contribution in [0.5, 0.6) is 0 Å². The highest BCUT2D eigenvalue weighted by atomic mass is 16.5. The number of hydrogen-bond donors (Lipinski definition) is 1. The summed E-state index contributed by atoms with van der Waals surface area (Å²) in [5.74, 6) is 0. The van der Waals surface area contributed by atoms with Gasteiger partial charge in [0.25, 0.3) is 0 Å². The molecular weight excluding hydrogens is 206 g/mol.